The second-order valence-corrected chi connectivity index (χ2v) is 7.32. The van der Waals surface area contributed by atoms with E-state index in [0.717, 1.165) is 24.7 Å². The molecule has 0 spiro atoms. The van der Waals surface area contributed by atoms with Crippen molar-refractivity contribution in [3.8, 4) is 5.95 Å². The molecule has 1 aliphatic carbocycles. The first-order valence-corrected chi connectivity index (χ1v) is 9.35. The topological polar surface area (TPSA) is 81.9 Å². The van der Waals surface area contributed by atoms with Gasteiger partial charge in [0.05, 0.1) is 5.69 Å². The van der Waals surface area contributed by atoms with E-state index in [1.807, 2.05) is 0 Å². The molecule has 1 atom stereocenters. The van der Waals surface area contributed by atoms with Crippen molar-refractivity contribution in [1.29, 1.82) is 0 Å². The van der Waals surface area contributed by atoms with Gasteiger partial charge in [-0.2, -0.15) is 31.0 Å². The summed E-state index contributed by atoms with van der Waals surface area (Å²) in [5.74, 6) is -1.42. The third-order valence-electron chi connectivity index (χ3n) is 4.50. The number of alkyl halides is 6. The lowest BCUT2D eigenvalue weighted by atomic mass is 10.0. The summed E-state index contributed by atoms with van der Waals surface area (Å²) in [6.45, 7) is 1.73. The number of anilines is 1. The molecule has 0 saturated carbocycles. The summed E-state index contributed by atoms with van der Waals surface area (Å²) in [6, 6.07) is 2.01. The molecule has 0 aromatic carbocycles. The summed E-state index contributed by atoms with van der Waals surface area (Å²) in [5, 5.41) is 6.29. The fraction of sp³-hybridized carbons (Fsp3) is 0.300. The normalized spacial score (nSPS) is 16.8. The average molecular weight is 473 g/mol. The van der Waals surface area contributed by atoms with Crippen molar-refractivity contribution in [2.45, 2.75) is 37.7 Å². The Labute approximate surface area is 183 Å². The standard InChI is InChI=1S/C20H17F6N5O2/c1-18(2,20(24,25)26)33-13-6-4-3-5-12(9-13)14-10-16(28-11-32)30-31(14)17-27-8-7-15(29-17)19(21,22)23/h3-12H,1-2H3,(H,28,30,32). The number of halogens is 6. The van der Waals surface area contributed by atoms with Gasteiger partial charge in [0.15, 0.2) is 11.4 Å². The molecule has 0 fully saturated rings. The summed E-state index contributed by atoms with van der Waals surface area (Å²) in [6.07, 6.45) is -1.03. The van der Waals surface area contributed by atoms with Crippen LogP contribution in [-0.4, -0.2) is 37.9 Å². The molecule has 7 nitrogen and oxygen atoms in total. The third-order valence-corrected chi connectivity index (χ3v) is 4.50. The van der Waals surface area contributed by atoms with Crippen LogP contribution in [-0.2, 0) is 15.7 Å². The lowest BCUT2D eigenvalue weighted by Crippen LogP contribution is -2.41. The molecule has 0 saturated heterocycles. The molecule has 1 unspecified atom stereocenters. The van der Waals surface area contributed by atoms with Crippen LogP contribution in [0.2, 0.25) is 0 Å². The van der Waals surface area contributed by atoms with Crippen molar-refractivity contribution in [3.05, 3.63) is 65.9 Å². The fourth-order valence-corrected chi connectivity index (χ4v) is 2.76. The number of nitrogens with one attached hydrogen (secondary N) is 1. The number of carbonyl (C=O) groups excluding carboxylic acids is 1. The number of carbonyl (C=O) groups is 1. The summed E-state index contributed by atoms with van der Waals surface area (Å²) < 4.78 is 85.2. The number of allylic oxidation sites excluding steroid dienone is 5. The minimum Gasteiger partial charge on any atom is -0.479 e. The van der Waals surface area contributed by atoms with Gasteiger partial charge in [-0.3, -0.25) is 4.79 Å². The number of ether oxygens (including phenoxy) is 1. The van der Waals surface area contributed by atoms with Gasteiger partial charge in [-0.15, -0.1) is 5.10 Å². The maximum Gasteiger partial charge on any atom is 0.433 e. The van der Waals surface area contributed by atoms with Crippen molar-refractivity contribution in [3.63, 3.8) is 0 Å². The highest BCUT2D eigenvalue weighted by Gasteiger charge is 2.50. The van der Waals surface area contributed by atoms with Gasteiger partial charge < -0.3 is 10.1 Å². The van der Waals surface area contributed by atoms with Crippen LogP contribution in [0.3, 0.4) is 0 Å². The van der Waals surface area contributed by atoms with Gasteiger partial charge in [-0.05, 0) is 32.1 Å². The smallest absolute Gasteiger partial charge is 0.433 e. The van der Waals surface area contributed by atoms with Crippen LogP contribution in [0.15, 0.2) is 54.5 Å². The Balaban J connectivity index is 2.07. The van der Waals surface area contributed by atoms with Crippen molar-refractivity contribution in [2.24, 2.45) is 0 Å². The summed E-state index contributed by atoms with van der Waals surface area (Å²) >= 11 is 0. The first-order chi connectivity index (χ1) is 15.3. The zero-order valence-electron chi connectivity index (χ0n) is 17.1. The van der Waals surface area contributed by atoms with Crippen molar-refractivity contribution < 1.29 is 35.9 Å². The highest BCUT2D eigenvalue weighted by Crippen LogP contribution is 2.36. The highest BCUT2D eigenvalue weighted by atomic mass is 19.4. The summed E-state index contributed by atoms with van der Waals surface area (Å²) in [7, 11) is 0. The lowest BCUT2D eigenvalue weighted by molar-refractivity contribution is -0.250. The predicted molar refractivity (Wildman–Crippen MR) is 104 cm³/mol. The number of hydrogen-bond acceptors (Lipinski definition) is 5. The second-order valence-electron chi connectivity index (χ2n) is 7.32. The molecule has 3 rings (SSSR count). The fourth-order valence-electron chi connectivity index (χ4n) is 2.76. The van der Waals surface area contributed by atoms with Gasteiger partial charge in [0, 0.05) is 18.2 Å². The molecule has 2 aromatic rings. The molecule has 1 N–H and O–H groups in total. The first kappa shape index (κ1) is 24.0. The van der Waals surface area contributed by atoms with E-state index in [0.29, 0.717) is 12.5 Å². The molecule has 2 heterocycles. The van der Waals surface area contributed by atoms with Crippen molar-refractivity contribution >= 4 is 12.2 Å². The maximum absolute atomic E-state index is 13.3. The van der Waals surface area contributed by atoms with E-state index in [4.69, 9.17) is 4.74 Å². The van der Waals surface area contributed by atoms with E-state index in [2.05, 4.69) is 20.4 Å². The van der Waals surface area contributed by atoms with Crippen molar-refractivity contribution in [1.82, 2.24) is 19.7 Å². The molecule has 1 amide bonds. The molecule has 0 aliphatic heterocycles. The Morgan fingerprint density at radius 1 is 1.15 bits per heavy atom. The molecule has 1 aliphatic rings. The lowest BCUT2D eigenvalue weighted by Gasteiger charge is -2.29. The highest BCUT2D eigenvalue weighted by molar-refractivity contribution is 5.69. The van der Waals surface area contributed by atoms with E-state index < -0.39 is 35.5 Å². The van der Waals surface area contributed by atoms with E-state index in [-0.39, 0.29) is 17.3 Å². The monoisotopic (exact) mass is 473 g/mol. The third kappa shape index (κ3) is 5.41. The largest absolute Gasteiger partial charge is 0.479 e. The Hall–Kier alpha value is -3.64. The minimum absolute atomic E-state index is 0.0295. The molecule has 2 aromatic heterocycles. The van der Waals surface area contributed by atoms with E-state index in [1.54, 1.807) is 6.08 Å². The molecular formula is C20H17F6N5O2. The van der Waals surface area contributed by atoms with Crippen LogP contribution >= 0.6 is 0 Å². The first-order valence-electron chi connectivity index (χ1n) is 9.35. The van der Waals surface area contributed by atoms with E-state index >= 15 is 0 Å². The summed E-state index contributed by atoms with van der Waals surface area (Å²) in [4.78, 5) is 18.2. The second kappa shape index (κ2) is 8.71. The van der Waals surface area contributed by atoms with Crippen LogP contribution in [0.4, 0.5) is 32.2 Å². The van der Waals surface area contributed by atoms with Gasteiger partial charge in [-0.25, -0.2) is 9.97 Å². The van der Waals surface area contributed by atoms with Crippen LogP contribution < -0.4 is 5.32 Å². The minimum atomic E-state index is -4.74. The Morgan fingerprint density at radius 3 is 2.52 bits per heavy atom. The molecule has 33 heavy (non-hydrogen) atoms. The average Bonchev–Trinajstić information content (AvgIpc) is 2.99. The number of hydrogen-bond donors (Lipinski definition) is 1. The SMILES string of the molecule is CC(C)(OC1=CC(c2cc(NC=O)nn2-c2nccc(C(F)(F)F)n2)C=CC=C1)C(F)(F)F. The number of amides is 1. The zero-order chi connectivity index (χ0) is 24.4. The van der Waals surface area contributed by atoms with Crippen LogP contribution in [0.5, 0.6) is 0 Å². The van der Waals surface area contributed by atoms with E-state index in [1.165, 1.54) is 30.4 Å². The quantitative estimate of drug-likeness (QED) is 0.486. The summed E-state index contributed by atoms with van der Waals surface area (Å²) in [5.41, 5.74) is -3.56. The zero-order valence-corrected chi connectivity index (χ0v) is 17.1. The molecule has 176 valence electrons. The number of rotatable bonds is 6. The molecule has 13 heteroatoms. The van der Waals surface area contributed by atoms with Gasteiger partial charge in [0.1, 0.15) is 11.5 Å². The van der Waals surface area contributed by atoms with Gasteiger partial charge in [0.2, 0.25) is 6.41 Å². The van der Waals surface area contributed by atoms with Gasteiger partial charge in [0.25, 0.3) is 5.95 Å². The van der Waals surface area contributed by atoms with Gasteiger partial charge in [-0.1, -0.05) is 18.2 Å². The van der Waals surface area contributed by atoms with Crippen LogP contribution in [0.1, 0.15) is 31.2 Å². The van der Waals surface area contributed by atoms with Crippen molar-refractivity contribution in [2.75, 3.05) is 5.32 Å². The Morgan fingerprint density at radius 2 is 1.88 bits per heavy atom. The predicted octanol–water partition coefficient (Wildman–Crippen LogP) is 4.70. The molecule has 0 radical (unpaired) electrons. The number of aromatic nitrogens is 4. The Bertz CT molecular complexity index is 1110. The molecule has 0 bridgehead atoms. The number of nitrogens with zero attached hydrogens (tertiary/aromatic N) is 4. The van der Waals surface area contributed by atoms with E-state index in [9.17, 15) is 31.1 Å². The Kier molecular flexibility index (Phi) is 6.34. The van der Waals surface area contributed by atoms with Crippen LogP contribution in [0, 0.1) is 0 Å². The van der Waals surface area contributed by atoms with Crippen LogP contribution in [0.25, 0.3) is 5.95 Å². The maximum atomic E-state index is 13.3. The van der Waals surface area contributed by atoms with Gasteiger partial charge >= 0.3 is 12.4 Å². The molecular weight excluding hydrogens is 456 g/mol.